The summed E-state index contributed by atoms with van der Waals surface area (Å²) >= 11 is 10.0. The van der Waals surface area contributed by atoms with E-state index in [2.05, 4.69) is 15.9 Å². The van der Waals surface area contributed by atoms with Gasteiger partial charge in [-0.05, 0) is 41.1 Å². The first-order valence-corrected chi connectivity index (χ1v) is 7.94. The van der Waals surface area contributed by atoms with Crippen LogP contribution in [0.3, 0.4) is 0 Å². The third-order valence-corrected chi connectivity index (χ3v) is 4.49. The van der Waals surface area contributed by atoms with E-state index in [9.17, 15) is 4.39 Å². The zero-order chi connectivity index (χ0) is 14.8. The predicted octanol–water partition coefficient (Wildman–Crippen LogP) is 6.26. The van der Waals surface area contributed by atoms with E-state index >= 15 is 0 Å². The number of benzene rings is 3. The highest BCUT2D eigenvalue weighted by Crippen LogP contribution is 2.32. The van der Waals surface area contributed by atoms with E-state index < -0.39 is 0 Å². The Balaban J connectivity index is 1.96. The van der Waals surface area contributed by atoms with Gasteiger partial charge in [0.25, 0.3) is 0 Å². The van der Waals surface area contributed by atoms with Crippen LogP contribution >= 0.6 is 27.5 Å². The maximum absolute atomic E-state index is 13.9. The molecule has 0 spiro atoms. The molecule has 1 unspecified atom stereocenters. The number of hydrogen-bond acceptors (Lipinski definition) is 0. The molecule has 106 valence electrons. The lowest BCUT2D eigenvalue weighted by Gasteiger charge is -2.13. The molecule has 0 aliphatic rings. The Kier molecular flexibility index (Phi) is 4.27. The SMILES string of the molecule is Fc1ccc(C(Cl)Cc2ccc(Br)cc2)c2ccccc12. The third kappa shape index (κ3) is 3.12. The fourth-order valence-electron chi connectivity index (χ4n) is 2.50. The van der Waals surface area contributed by atoms with E-state index in [4.69, 9.17) is 11.6 Å². The molecule has 3 rings (SSSR count). The Morgan fingerprint density at radius 1 is 0.905 bits per heavy atom. The predicted molar refractivity (Wildman–Crippen MR) is 90.3 cm³/mol. The molecule has 0 amide bonds. The first-order valence-electron chi connectivity index (χ1n) is 6.71. The smallest absolute Gasteiger partial charge is 0.131 e. The van der Waals surface area contributed by atoms with Crippen LogP contribution < -0.4 is 0 Å². The number of hydrogen-bond donors (Lipinski definition) is 0. The Morgan fingerprint density at radius 2 is 1.57 bits per heavy atom. The van der Waals surface area contributed by atoms with E-state index in [0.29, 0.717) is 11.8 Å². The van der Waals surface area contributed by atoms with Gasteiger partial charge in [0.2, 0.25) is 0 Å². The maximum atomic E-state index is 13.9. The summed E-state index contributed by atoms with van der Waals surface area (Å²) in [4.78, 5) is 0. The molecule has 0 aliphatic carbocycles. The number of alkyl halides is 1. The summed E-state index contributed by atoms with van der Waals surface area (Å²) < 4.78 is 14.9. The summed E-state index contributed by atoms with van der Waals surface area (Å²) in [6.45, 7) is 0. The van der Waals surface area contributed by atoms with E-state index in [-0.39, 0.29) is 11.2 Å². The second-order valence-electron chi connectivity index (χ2n) is 4.98. The zero-order valence-corrected chi connectivity index (χ0v) is 13.5. The molecule has 0 saturated heterocycles. The molecule has 0 saturated carbocycles. The normalized spacial score (nSPS) is 12.5. The van der Waals surface area contributed by atoms with Crippen LogP contribution in [-0.2, 0) is 6.42 Å². The third-order valence-electron chi connectivity index (χ3n) is 3.57. The summed E-state index contributed by atoms with van der Waals surface area (Å²) in [6.07, 6.45) is 0.713. The van der Waals surface area contributed by atoms with Crippen molar-refractivity contribution >= 4 is 38.3 Å². The van der Waals surface area contributed by atoms with Crippen molar-refractivity contribution in [2.75, 3.05) is 0 Å². The molecular weight excluding hydrogens is 351 g/mol. The second-order valence-corrected chi connectivity index (χ2v) is 6.42. The zero-order valence-electron chi connectivity index (χ0n) is 11.2. The number of rotatable bonds is 3. The summed E-state index contributed by atoms with van der Waals surface area (Å²) in [7, 11) is 0. The fourth-order valence-corrected chi connectivity index (χ4v) is 3.13. The van der Waals surface area contributed by atoms with Gasteiger partial charge in [-0.1, -0.05) is 58.4 Å². The van der Waals surface area contributed by atoms with Gasteiger partial charge in [0.1, 0.15) is 5.82 Å². The quantitative estimate of drug-likeness (QED) is 0.481. The minimum atomic E-state index is -0.207. The average Bonchev–Trinajstić information content (AvgIpc) is 2.50. The lowest BCUT2D eigenvalue weighted by atomic mass is 9.98. The molecule has 0 fully saturated rings. The molecule has 3 heteroatoms. The molecule has 0 N–H and O–H groups in total. The molecular formula is C18H13BrClF. The van der Waals surface area contributed by atoms with Crippen LogP contribution in [0.5, 0.6) is 0 Å². The molecule has 0 aliphatic heterocycles. The van der Waals surface area contributed by atoms with Crippen LogP contribution in [0.15, 0.2) is 65.1 Å². The summed E-state index contributed by atoms with van der Waals surface area (Å²) in [5, 5.41) is 1.32. The van der Waals surface area contributed by atoms with E-state index in [1.807, 2.05) is 42.5 Å². The van der Waals surface area contributed by atoms with Crippen LogP contribution in [0, 0.1) is 5.82 Å². The topological polar surface area (TPSA) is 0 Å². The standard InChI is InChI=1S/C18H13BrClF/c19-13-7-5-12(6-8-13)11-17(20)15-9-10-18(21)16-4-2-1-3-14(15)16/h1-10,17H,11H2. The second kappa shape index (κ2) is 6.17. The lowest BCUT2D eigenvalue weighted by molar-refractivity contribution is 0.639. The van der Waals surface area contributed by atoms with Crippen molar-refractivity contribution in [3.8, 4) is 0 Å². The van der Waals surface area contributed by atoms with Gasteiger partial charge in [-0.3, -0.25) is 0 Å². The van der Waals surface area contributed by atoms with Gasteiger partial charge >= 0.3 is 0 Å². The summed E-state index contributed by atoms with van der Waals surface area (Å²) in [6, 6.07) is 18.8. The molecule has 21 heavy (non-hydrogen) atoms. The van der Waals surface area contributed by atoms with E-state index in [1.54, 1.807) is 12.1 Å². The molecule has 3 aromatic rings. The largest absolute Gasteiger partial charge is 0.206 e. The molecule has 0 nitrogen and oxygen atoms in total. The highest BCUT2D eigenvalue weighted by atomic mass is 79.9. The van der Waals surface area contributed by atoms with Gasteiger partial charge in [-0.15, -0.1) is 11.6 Å². The Labute approximate surface area is 136 Å². The van der Waals surface area contributed by atoms with Gasteiger partial charge in [-0.25, -0.2) is 4.39 Å². The monoisotopic (exact) mass is 362 g/mol. The fraction of sp³-hybridized carbons (Fsp3) is 0.111. The van der Waals surface area contributed by atoms with Crippen LogP contribution in [0.2, 0.25) is 0 Å². The van der Waals surface area contributed by atoms with Crippen molar-refractivity contribution in [2.24, 2.45) is 0 Å². The van der Waals surface area contributed by atoms with Crippen LogP contribution in [0.1, 0.15) is 16.5 Å². The highest BCUT2D eigenvalue weighted by Gasteiger charge is 2.14. The Hall–Kier alpha value is -1.38. The van der Waals surface area contributed by atoms with Crippen molar-refractivity contribution in [3.63, 3.8) is 0 Å². The lowest BCUT2D eigenvalue weighted by Crippen LogP contribution is -1.98. The molecule has 1 atom stereocenters. The van der Waals surface area contributed by atoms with Crippen molar-refractivity contribution in [1.82, 2.24) is 0 Å². The summed E-state index contributed by atoms with van der Waals surface area (Å²) in [5.41, 5.74) is 2.13. The maximum Gasteiger partial charge on any atom is 0.131 e. The molecule has 0 bridgehead atoms. The van der Waals surface area contributed by atoms with Gasteiger partial charge in [-0.2, -0.15) is 0 Å². The highest BCUT2D eigenvalue weighted by molar-refractivity contribution is 9.10. The minimum Gasteiger partial charge on any atom is -0.206 e. The van der Waals surface area contributed by atoms with Crippen LogP contribution in [-0.4, -0.2) is 0 Å². The van der Waals surface area contributed by atoms with Crippen molar-refractivity contribution in [3.05, 3.63) is 82.1 Å². The molecule has 0 heterocycles. The molecule has 0 radical (unpaired) electrons. The number of halogens is 3. The minimum absolute atomic E-state index is 0.184. The van der Waals surface area contributed by atoms with E-state index in [0.717, 1.165) is 21.0 Å². The molecule has 3 aromatic carbocycles. The average molecular weight is 364 g/mol. The Morgan fingerprint density at radius 3 is 2.29 bits per heavy atom. The van der Waals surface area contributed by atoms with Gasteiger partial charge in [0.05, 0.1) is 5.38 Å². The number of fused-ring (bicyclic) bond motifs is 1. The van der Waals surface area contributed by atoms with Crippen LogP contribution in [0.4, 0.5) is 4.39 Å². The van der Waals surface area contributed by atoms with Crippen molar-refractivity contribution in [2.45, 2.75) is 11.8 Å². The first-order chi connectivity index (χ1) is 10.1. The van der Waals surface area contributed by atoms with Crippen molar-refractivity contribution in [1.29, 1.82) is 0 Å². The van der Waals surface area contributed by atoms with Gasteiger partial charge in [0, 0.05) is 9.86 Å². The summed E-state index contributed by atoms with van der Waals surface area (Å²) in [5.74, 6) is -0.207. The van der Waals surface area contributed by atoms with Crippen molar-refractivity contribution < 1.29 is 4.39 Å². The van der Waals surface area contributed by atoms with E-state index in [1.165, 1.54) is 6.07 Å². The van der Waals surface area contributed by atoms with Crippen LogP contribution in [0.25, 0.3) is 10.8 Å². The Bertz CT molecular complexity index is 768. The molecule has 0 aromatic heterocycles. The van der Waals surface area contributed by atoms with Gasteiger partial charge < -0.3 is 0 Å². The van der Waals surface area contributed by atoms with Gasteiger partial charge in [0.15, 0.2) is 0 Å². The first kappa shape index (κ1) is 14.6.